The summed E-state index contributed by atoms with van der Waals surface area (Å²) in [5, 5.41) is 9.15. The van der Waals surface area contributed by atoms with Gasteiger partial charge in [-0.15, -0.1) is 0 Å². The van der Waals surface area contributed by atoms with Gasteiger partial charge in [0.25, 0.3) is 0 Å². The summed E-state index contributed by atoms with van der Waals surface area (Å²) in [6.45, 7) is 0.194. The van der Waals surface area contributed by atoms with Crippen molar-refractivity contribution in [3.63, 3.8) is 0 Å². The Morgan fingerprint density at radius 1 is 1.17 bits per heavy atom. The van der Waals surface area contributed by atoms with Crippen molar-refractivity contribution in [2.75, 3.05) is 6.54 Å². The predicted octanol–water partition coefficient (Wildman–Crippen LogP) is 1.38. The number of carboxylic acids is 1. The lowest BCUT2D eigenvalue weighted by Crippen LogP contribution is -2.40. The van der Waals surface area contributed by atoms with Gasteiger partial charge in [-0.3, -0.25) is 4.79 Å². The molecule has 2 heterocycles. The van der Waals surface area contributed by atoms with E-state index < -0.39 is 22.0 Å². The number of rotatable bonds is 4. The zero-order valence-electron chi connectivity index (χ0n) is 12.2. The Morgan fingerprint density at radius 2 is 1.83 bits per heavy atom. The smallest absolute Gasteiger partial charge is 0.322 e. The molecule has 1 aliphatic heterocycles. The van der Waals surface area contributed by atoms with Crippen LogP contribution < -0.4 is 0 Å². The summed E-state index contributed by atoms with van der Waals surface area (Å²) in [5.41, 5.74) is 0.779. The third kappa shape index (κ3) is 2.95. The third-order valence-electron chi connectivity index (χ3n) is 3.76. The largest absolute Gasteiger partial charge is 0.480 e. The van der Waals surface area contributed by atoms with E-state index in [4.69, 9.17) is 5.11 Å². The first kappa shape index (κ1) is 15.6. The van der Waals surface area contributed by atoms with Crippen LogP contribution in [-0.2, 0) is 14.8 Å². The first-order valence-electron chi connectivity index (χ1n) is 7.12. The zero-order valence-corrected chi connectivity index (χ0v) is 13.0. The highest BCUT2D eigenvalue weighted by Gasteiger charge is 2.39. The summed E-state index contributed by atoms with van der Waals surface area (Å²) in [7, 11) is -3.90. The van der Waals surface area contributed by atoms with Gasteiger partial charge in [0.05, 0.1) is 12.4 Å². The number of aliphatic carboxylic acids is 1. The predicted molar refractivity (Wildman–Crippen MR) is 82.0 cm³/mol. The number of aromatic nitrogens is 2. The second-order valence-corrected chi connectivity index (χ2v) is 7.11. The fourth-order valence-electron chi connectivity index (χ4n) is 2.60. The monoisotopic (exact) mass is 333 g/mol. The van der Waals surface area contributed by atoms with Crippen LogP contribution in [0.1, 0.15) is 12.8 Å². The highest BCUT2D eigenvalue weighted by molar-refractivity contribution is 7.89. The molecule has 0 spiro atoms. The van der Waals surface area contributed by atoms with Gasteiger partial charge >= 0.3 is 5.97 Å². The van der Waals surface area contributed by atoms with Crippen molar-refractivity contribution in [2.45, 2.75) is 23.8 Å². The van der Waals surface area contributed by atoms with Crippen LogP contribution in [0.4, 0.5) is 0 Å². The second kappa shape index (κ2) is 6.05. The average molecular weight is 333 g/mol. The van der Waals surface area contributed by atoms with Gasteiger partial charge in [0, 0.05) is 12.1 Å². The number of nitrogens with zero attached hydrogens (tertiary/aromatic N) is 3. The molecule has 0 radical (unpaired) electrons. The minimum absolute atomic E-state index is 0.0923. The maximum Gasteiger partial charge on any atom is 0.322 e. The van der Waals surface area contributed by atoms with Crippen LogP contribution in [0.2, 0.25) is 0 Å². The Morgan fingerprint density at radius 3 is 2.43 bits per heavy atom. The first-order valence-corrected chi connectivity index (χ1v) is 8.56. The van der Waals surface area contributed by atoms with E-state index in [9.17, 15) is 13.2 Å². The van der Waals surface area contributed by atoms with Crippen molar-refractivity contribution in [3.8, 4) is 11.4 Å². The summed E-state index contributed by atoms with van der Waals surface area (Å²) in [6.07, 6.45) is 3.29. The lowest BCUT2D eigenvalue weighted by atomic mass is 10.2. The molecule has 1 aromatic heterocycles. The molecule has 1 fully saturated rings. The van der Waals surface area contributed by atoms with E-state index in [0.29, 0.717) is 18.7 Å². The fraction of sp³-hybridized carbons (Fsp3) is 0.267. The Kier molecular flexibility index (Phi) is 4.10. The summed E-state index contributed by atoms with van der Waals surface area (Å²) in [4.78, 5) is 19.3. The lowest BCUT2D eigenvalue weighted by molar-refractivity contribution is -0.140. The van der Waals surface area contributed by atoms with Crippen molar-refractivity contribution in [2.24, 2.45) is 0 Å². The zero-order chi connectivity index (χ0) is 16.4. The van der Waals surface area contributed by atoms with Crippen LogP contribution in [0.5, 0.6) is 0 Å². The number of hydrogen-bond donors (Lipinski definition) is 1. The van der Waals surface area contributed by atoms with Gasteiger partial charge in [-0.2, -0.15) is 4.31 Å². The van der Waals surface area contributed by atoms with Gasteiger partial charge in [-0.05, 0) is 12.8 Å². The van der Waals surface area contributed by atoms with Crippen molar-refractivity contribution in [3.05, 3.63) is 42.7 Å². The molecule has 8 heteroatoms. The normalized spacial score (nSPS) is 18.9. The van der Waals surface area contributed by atoms with Crippen LogP contribution >= 0.6 is 0 Å². The SMILES string of the molecule is O=C(O)[C@H]1CCCN1S(=O)(=O)c1cnc(-c2ccccc2)nc1. The maximum absolute atomic E-state index is 12.6. The Bertz CT molecular complexity index is 806. The van der Waals surface area contributed by atoms with Crippen LogP contribution in [0.25, 0.3) is 11.4 Å². The van der Waals surface area contributed by atoms with Crippen LogP contribution in [0, 0.1) is 0 Å². The van der Waals surface area contributed by atoms with Crippen molar-refractivity contribution in [1.82, 2.24) is 14.3 Å². The third-order valence-corrected chi connectivity index (χ3v) is 5.62. The molecule has 3 rings (SSSR count). The van der Waals surface area contributed by atoms with Gasteiger partial charge < -0.3 is 5.11 Å². The molecule has 0 aliphatic carbocycles. The van der Waals surface area contributed by atoms with E-state index in [0.717, 1.165) is 9.87 Å². The van der Waals surface area contributed by atoms with Crippen molar-refractivity contribution < 1.29 is 18.3 Å². The number of carboxylic acid groups (broad SMARTS) is 1. The van der Waals surface area contributed by atoms with Crippen LogP contribution in [-0.4, -0.2) is 46.4 Å². The fourth-order valence-corrected chi connectivity index (χ4v) is 4.14. The minimum Gasteiger partial charge on any atom is -0.480 e. The van der Waals surface area contributed by atoms with E-state index in [1.54, 1.807) is 0 Å². The van der Waals surface area contributed by atoms with E-state index in [1.807, 2.05) is 30.3 Å². The number of benzene rings is 1. The molecule has 1 aliphatic rings. The van der Waals surface area contributed by atoms with E-state index in [-0.39, 0.29) is 11.4 Å². The molecule has 1 aromatic carbocycles. The summed E-state index contributed by atoms with van der Waals surface area (Å²) < 4.78 is 26.2. The van der Waals surface area contributed by atoms with Crippen molar-refractivity contribution >= 4 is 16.0 Å². The molecule has 1 saturated heterocycles. The molecule has 0 saturated carbocycles. The van der Waals surface area contributed by atoms with E-state index in [2.05, 4.69) is 9.97 Å². The van der Waals surface area contributed by atoms with Gasteiger partial charge in [0.1, 0.15) is 10.9 Å². The van der Waals surface area contributed by atoms with Crippen LogP contribution in [0.15, 0.2) is 47.6 Å². The molecule has 1 N–H and O–H groups in total. The van der Waals surface area contributed by atoms with E-state index in [1.165, 1.54) is 12.4 Å². The number of sulfonamides is 1. The van der Waals surface area contributed by atoms with Gasteiger partial charge in [-0.25, -0.2) is 18.4 Å². The summed E-state index contributed by atoms with van der Waals surface area (Å²) in [5.74, 6) is -0.714. The van der Waals surface area contributed by atoms with E-state index >= 15 is 0 Å². The van der Waals surface area contributed by atoms with Gasteiger partial charge in [-0.1, -0.05) is 30.3 Å². The molecule has 0 unspecified atom stereocenters. The average Bonchev–Trinajstić information content (AvgIpc) is 3.07. The quantitative estimate of drug-likeness (QED) is 0.907. The summed E-state index contributed by atoms with van der Waals surface area (Å²) in [6, 6.07) is 8.17. The Labute approximate surface area is 133 Å². The minimum atomic E-state index is -3.90. The molecule has 0 bridgehead atoms. The Balaban J connectivity index is 1.91. The maximum atomic E-state index is 12.6. The summed E-state index contributed by atoms with van der Waals surface area (Å²) >= 11 is 0. The molecule has 1 atom stereocenters. The first-order chi connectivity index (χ1) is 11.0. The molecule has 0 amide bonds. The Hall–Kier alpha value is -2.32. The van der Waals surface area contributed by atoms with Crippen molar-refractivity contribution in [1.29, 1.82) is 0 Å². The lowest BCUT2D eigenvalue weighted by Gasteiger charge is -2.20. The highest BCUT2D eigenvalue weighted by Crippen LogP contribution is 2.26. The number of carbonyl (C=O) groups is 1. The standard InChI is InChI=1S/C15H15N3O4S/c19-15(20)13-7-4-8-18(13)23(21,22)12-9-16-14(17-10-12)11-5-2-1-3-6-11/h1-3,5-6,9-10,13H,4,7-8H2,(H,19,20)/t13-/m1/s1. The molecule has 23 heavy (non-hydrogen) atoms. The van der Waals surface area contributed by atoms with Gasteiger partial charge in [0.2, 0.25) is 10.0 Å². The molecule has 120 valence electrons. The topological polar surface area (TPSA) is 100 Å². The van der Waals surface area contributed by atoms with Crippen LogP contribution in [0.3, 0.4) is 0 Å². The van der Waals surface area contributed by atoms with Gasteiger partial charge in [0.15, 0.2) is 5.82 Å². The number of hydrogen-bond acceptors (Lipinski definition) is 5. The molecule has 7 nitrogen and oxygen atoms in total. The highest BCUT2D eigenvalue weighted by atomic mass is 32.2. The molecular formula is C15H15N3O4S. The molecular weight excluding hydrogens is 318 g/mol. The molecule has 2 aromatic rings. The second-order valence-electron chi connectivity index (χ2n) is 5.22.